The minimum absolute atomic E-state index is 0.0751. The van der Waals surface area contributed by atoms with Crippen LogP contribution in [0.1, 0.15) is 6.42 Å². The van der Waals surface area contributed by atoms with Gasteiger partial charge in [-0.05, 0) is 32.8 Å². The lowest BCUT2D eigenvalue weighted by atomic mass is 10.3. The Morgan fingerprint density at radius 2 is 1.27 bits per heavy atom. The van der Waals surface area contributed by atoms with Crippen LogP contribution >= 0.6 is 0 Å². The van der Waals surface area contributed by atoms with E-state index in [1.807, 2.05) is 29.1 Å². The molecule has 7 nitrogen and oxygen atoms in total. The van der Waals surface area contributed by atoms with Gasteiger partial charge >= 0.3 is 0 Å². The molecular weight excluding hydrogens is 286 g/mol. The molecule has 7 heteroatoms. The summed E-state index contributed by atoms with van der Waals surface area (Å²) in [5.74, 6) is 0. The Bertz CT molecular complexity index is 255. The molecule has 0 fully saturated rings. The lowest BCUT2D eigenvalue weighted by Gasteiger charge is -2.22. The number of hydrogen-bond acceptors (Lipinski definition) is 7. The van der Waals surface area contributed by atoms with Crippen LogP contribution in [-0.4, -0.2) is 114 Å². The van der Waals surface area contributed by atoms with E-state index in [2.05, 4.69) is 4.90 Å². The largest absolute Gasteiger partial charge is 0.395 e. The molecule has 0 aliphatic carbocycles. The summed E-state index contributed by atoms with van der Waals surface area (Å²) in [4.78, 5) is 6.12. The molecule has 0 aliphatic rings. The fraction of sp³-hybridized carbons (Fsp3) is 0.867. The molecule has 0 aromatic rings. The van der Waals surface area contributed by atoms with Gasteiger partial charge in [-0.15, -0.1) is 0 Å². The van der Waals surface area contributed by atoms with Crippen LogP contribution in [-0.2, 0) is 0 Å². The predicted octanol–water partition coefficient (Wildman–Crippen LogP) is -1.60. The van der Waals surface area contributed by atoms with Gasteiger partial charge in [0.05, 0.1) is 26.4 Å². The van der Waals surface area contributed by atoms with Gasteiger partial charge < -0.3 is 30.2 Å². The zero-order chi connectivity index (χ0) is 16.6. The van der Waals surface area contributed by atoms with Gasteiger partial charge in [-0.2, -0.15) is 0 Å². The molecule has 0 atom stereocenters. The maximum Gasteiger partial charge on any atom is 0.0606 e. The molecule has 0 rings (SSSR count). The number of hydrogen-bond donors (Lipinski definition) is 4. The molecule has 0 radical (unpaired) electrons. The second-order valence-corrected chi connectivity index (χ2v) is 5.27. The Balaban J connectivity index is 3.89. The third kappa shape index (κ3) is 11.9. The Hall–Kier alpha value is -0.700. The number of aliphatic hydroxyl groups excluding tert-OH is 4. The number of nitrogens with zero attached hydrogens (tertiary/aromatic N) is 3. The van der Waals surface area contributed by atoms with Crippen LogP contribution in [0.2, 0.25) is 0 Å². The monoisotopic (exact) mass is 319 g/mol. The van der Waals surface area contributed by atoms with Crippen molar-refractivity contribution >= 4 is 0 Å². The molecule has 0 unspecified atom stereocenters. The van der Waals surface area contributed by atoms with E-state index >= 15 is 0 Å². The van der Waals surface area contributed by atoms with Gasteiger partial charge in [0, 0.05) is 32.7 Å². The van der Waals surface area contributed by atoms with Crippen molar-refractivity contribution in [2.45, 2.75) is 6.42 Å². The highest BCUT2D eigenvalue weighted by atomic mass is 16.3. The van der Waals surface area contributed by atoms with E-state index in [1.165, 1.54) is 0 Å². The van der Waals surface area contributed by atoms with E-state index in [0.717, 1.165) is 26.1 Å². The minimum atomic E-state index is 0.0751. The second kappa shape index (κ2) is 15.2. The molecule has 0 saturated heterocycles. The Morgan fingerprint density at radius 3 is 1.77 bits per heavy atom. The van der Waals surface area contributed by atoms with Crippen molar-refractivity contribution in [1.82, 2.24) is 14.7 Å². The average Bonchev–Trinajstić information content (AvgIpc) is 2.48. The van der Waals surface area contributed by atoms with Crippen molar-refractivity contribution in [2.75, 3.05) is 79.3 Å². The van der Waals surface area contributed by atoms with Crippen molar-refractivity contribution in [3.63, 3.8) is 0 Å². The highest BCUT2D eigenvalue weighted by molar-refractivity contribution is 4.85. The van der Waals surface area contributed by atoms with E-state index in [4.69, 9.17) is 20.4 Å². The van der Waals surface area contributed by atoms with Gasteiger partial charge in [0.15, 0.2) is 0 Å². The first kappa shape index (κ1) is 21.3. The molecule has 0 saturated carbocycles. The van der Waals surface area contributed by atoms with Crippen LogP contribution in [0, 0.1) is 0 Å². The second-order valence-electron chi connectivity index (χ2n) is 5.27. The van der Waals surface area contributed by atoms with E-state index in [9.17, 15) is 0 Å². The van der Waals surface area contributed by atoms with E-state index in [0.29, 0.717) is 26.2 Å². The molecule has 0 aliphatic heterocycles. The van der Waals surface area contributed by atoms with Gasteiger partial charge in [0.1, 0.15) is 0 Å². The lowest BCUT2D eigenvalue weighted by molar-refractivity contribution is 0.156. The summed E-state index contributed by atoms with van der Waals surface area (Å²) in [6.45, 7) is 5.21. The van der Waals surface area contributed by atoms with Gasteiger partial charge in [-0.1, -0.05) is 6.08 Å². The molecular formula is C15H33N3O4. The summed E-state index contributed by atoms with van der Waals surface area (Å²) in [7, 11) is 2.04. The Morgan fingerprint density at radius 1 is 0.727 bits per heavy atom. The maximum atomic E-state index is 8.94. The molecule has 0 bridgehead atoms. The van der Waals surface area contributed by atoms with E-state index in [-0.39, 0.29) is 26.4 Å². The predicted molar refractivity (Wildman–Crippen MR) is 87.6 cm³/mol. The normalized spacial score (nSPS) is 12.0. The molecule has 0 heterocycles. The number of rotatable bonds is 15. The standard InChI is InChI=1S/C15H33N3O4/c1-16(4-2-6-17(8-12-19)9-13-20)5-3-7-18(10-14-21)11-15-22/h2,6,19-22H,3-5,7-15H2,1H3/b6-2+. The Labute approximate surface area is 134 Å². The summed E-state index contributed by atoms with van der Waals surface area (Å²) in [5.41, 5.74) is 0. The van der Waals surface area contributed by atoms with Gasteiger partial charge in [-0.25, -0.2) is 0 Å². The molecule has 0 aromatic carbocycles. The van der Waals surface area contributed by atoms with Crippen molar-refractivity contribution in [3.8, 4) is 0 Å². The van der Waals surface area contributed by atoms with Gasteiger partial charge in [-0.3, -0.25) is 4.90 Å². The molecule has 0 aromatic heterocycles. The maximum absolute atomic E-state index is 8.94. The number of aliphatic hydroxyl groups is 4. The molecule has 0 amide bonds. The van der Waals surface area contributed by atoms with Gasteiger partial charge in [0.2, 0.25) is 0 Å². The summed E-state index contributed by atoms with van der Waals surface area (Å²) in [6.07, 6.45) is 4.90. The van der Waals surface area contributed by atoms with Crippen LogP contribution in [0.3, 0.4) is 0 Å². The SMILES string of the molecule is CN(C/C=C/N(CCO)CCO)CCCN(CCO)CCO. The van der Waals surface area contributed by atoms with Crippen LogP contribution in [0.4, 0.5) is 0 Å². The molecule has 4 N–H and O–H groups in total. The lowest BCUT2D eigenvalue weighted by Crippen LogP contribution is -2.33. The molecule has 132 valence electrons. The van der Waals surface area contributed by atoms with E-state index < -0.39 is 0 Å². The average molecular weight is 319 g/mol. The van der Waals surface area contributed by atoms with Crippen LogP contribution in [0.5, 0.6) is 0 Å². The van der Waals surface area contributed by atoms with E-state index in [1.54, 1.807) is 0 Å². The summed E-state index contributed by atoms with van der Waals surface area (Å²) >= 11 is 0. The first-order chi connectivity index (χ1) is 10.7. The first-order valence-electron chi connectivity index (χ1n) is 7.93. The summed E-state index contributed by atoms with van der Waals surface area (Å²) in [5, 5.41) is 35.7. The zero-order valence-electron chi connectivity index (χ0n) is 13.8. The summed E-state index contributed by atoms with van der Waals surface area (Å²) in [6, 6.07) is 0. The fourth-order valence-electron chi connectivity index (χ4n) is 2.17. The van der Waals surface area contributed by atoms with Crippen LogP contribution in [0.15, 0.2) is 12.3 Å². The van der Waals surface area contributed by atoms with Gasteiger partial charge in [0.25, 0.3) is 0 Å². The van der Waals surface area contributed by atoms with Crippen LogP contribution < -0.4 is 0 Å². The van der Waals surface area contributed by atoms with Crippen molar-refractivity contribution < 1.29 is 20.4 Å². The van der Waals surface area contributed by atoms with Crippen molar-refractivity contribution in [2.24, 2.45) is 0 Å². The van der Waals surface area contributed by atoms with Crippen molar-refractivity contribution in [3.05, 3.63) is 12.3 Å². The third-order valence-electron chi connectivity index (χ3n) is 3.35. The topological polar surface area (TPSA) is 90.6 Å². The fourth-order valence-corrected chi connectivity index (χ4v) is 2.17. The zero-order valence-corrected chi connectivity index (χ0v) is 13.8. The highest BCUT2D eigenvalue weighted by Gasteiger charge is 2.04. The number of likely N-dealkylation sites (N-methyl/N-ethyl adjacent to an activating group) is 1. The van der Waals surface area contributed by atoms with Crippen molar-refractivity contribution in [1.29, 1.82) is 0 Å². The quantitative estimate of drug-likeness (QED) is 0.289. The smallest absolute Gasteiger partial charge is 0.0606 e. The Kier molecular flexibility index (Phi) is 14.7. The third-order valence-corrected chi connectivity index (χ3v) is 3.35. The molecule has 0 spiro atoms. The summed E-state index contributed by atoms with van der Waals surface area (Å²) < 4.78 is 0. The highest BCUT2D eigenvalue weighted by Crippen LogP contribution is 1.95. The minimum Gasteiger partial charge on any atom is -0.395 e. The van der Waals surface area contributed by atoms with Crippen LogP contribution in [0.25, 0.3) is 0 Å². The first-order valence-corrected chi connectivity index (χ1v) is 7.93. The molecule has 22 heavy (non-hydrogen) atoms.